The zero-order valence-electron chi connectivity index (χ0n) is 19.5. The average molecular weight is 475 g/mol. The van der Waals surface area contributed by atoms with E-state index in [1.807, 2.05) is 54.6 Å². The first-order valence-corrected chi connectivity index (χ1v) is 11.8. The lowest BCUT2D eigenvalue weighted by Gasteiger charge is -2.24. The van der Waals surface area contributed by atoms with Crippen molar-refractivity contribution in [3.8, 4) is 5.75 Å². The van der Waals surface area contributed by atoms with Gasteiger partial charge < -0.3 is 26.0 Å². The number of benzene rings is 3. The summed E-state index contributed by atoms with van der Waals surface area (Å²) in [6.07, 6.45) is 2.06. The molecular formula is C27H30N4O4. The summed E-state index contributed by atoms with van der Waals surface area (Å²) in [5.74, 6) is -0.311. The minimum atomic E-state index is -0.686. The van der Waals surface area contributed by atoms with E-state index in [0.717, 1.165) is 29.2 Å². The molecule has 1 saturated heterocycles. The number of carbonyl (C=O) groups is 3. The normalized spacial score (nSPS) is 16.0. The molecule has 3 amide bonds. The smallest absolute Gasteiger partial charge is 0.258 e. The molecule has 1 heterocycles. The first kappa shape index (κ1) is 24.2. The van der Waals surface area contributed by atoms with Gasteiger partial charge in [0.05, 0.1) is 6.54 Å². The number of likely N-dealkylation sites (tertiary alicyclic amines) is 1. The van der Waals surface area contributed by atoms with E-state index in [9.17, 15) is 14.4 Å². The van der Waals surface area contributed by atoms with E-state index in [-0.39, 0.29) is 30.9 Å². The van der Waals surface area contributed by atoms with Crippen molar-refractivity contribution in [3.05, 3.63) is 72.3 Å². The van der Waals surface area contributed by atoms with Gasteiger partial charge in [0.2, 0.25) is 11.8 Å². The van der Waals surface area contributed by atoms with Gasteiger partial charge in [0.1, 0.15) is 11.8 Å². The average Bonchev–Trinajstić information content (AvgIpc) is 3.04. The number of fused-ring (bicyclic) bond motifs is 1. The van der Waals surface area contributed by atoms with Gasteiger partial charge in [-0.05, 0) is 48.4 Å². The van der Waals surface area contributed by atoms with Crippen LogP contribution < -0.4 is 21.1 Å². The minimum absolute atomic E-state index is 0.0788. The van der Waals surface area contributed by atoms with E-state index in [1.54, 1.807) is 12.1 Å². The highest BCUT2D eigenvalue weighted by Gasteiger charge is 2.29. The van der Waals surface area contributed by atoms with Crippen molar-refractivity contribution < 1.29 is 19.1 Å². The molecule has 4 rings (SSSR count). The van der Waals surface area contributed by atoms with Crippen molar-refractivity contribution in [3.63, 3.8) is 0 Å². The van der Waals surface area contributed by atoms with E-state index in [1.165, 1.54) is 4.90 Å². The minimum Gasteiger partial charge on any atom is -0.483 e. The third-order valence-corrected chi connectivity index (χ3v) is 6.01. The molecule has 8 heteroatoms. The predicted octanol–water partition coefficient (Wildman–Crippen LogP) is 2.81. The number of carbonyl (C=O) groups excluding carboxylic acids is 3. The molecule has 0 aromatic heterocycles. The van der Waals surface area contributed by atoms with Crippen molar-refractivity contribution in [1.82, 2.24) is 10.2 Å². The van der Waals surface area contributed by atoms with Crippen LogP contribution in [0.25, 0.3) is 10.8 Å². The maximum Gasteiger partial charge on any atom is 0.258 e. The van der Waals surface area contributed by atoms with Crippen LogP contribution >= 0.6 is 0 Å². The van der Waals surface area contributed by atoms with Crippen LogP contribution in [0, 0.1) is 0 Å². The summed E-state index contributed by atoms with van der Waals surface area (Å²) >= 11 is 0. The molecular weight excluding hydrogens is 444 g/mol. The van der Waals surface area contributed by atoms with Crippen LogP contribution in [-0.2, 0) is 20.9 Å². The molecule has 0 saturated carbocycles. The molecule has 0 aliphatic carbocycles. The van der Waals surface area contributed by atoms with E-state index in [0.29, 0.717) is 30.9 Å². The highest BCUT2D eigenvalue weighted by molar-refractivity contribution is 5.96. The Labute approximate surface area is 204 Å². The number of anilines is 1. The topological polar surface area (TPSA) is 114 Å². The molecule has 35 heavy (non-hydrogen) atoms. The zero-order chi connectivity index (χ0) is 24.6. The Bertz CT molecular complexity index is 1210. The number of hydrogen-bond acceptors (Lipinski definition) is 5. The molecule has 182 valence electrons. The fraction of sp³-hybridized carbons (Fsp3) is 0.296. The number of nitrogens with one attached hydrogen (secondary N) is 2. The third-order valence-electron chi connectivity index (χ3n) is 6.01. The van der Waals surface area contributed by atoms with E-state index < -0.39 is 6.04 Å². The Morgan fingerprint density at radius 2 is 1.80 bits per heavy atom. The molecule has 4 N–H and O–H groups in total. The fourth-order valence-corrected chi connectivity index (χ4v) is 4.25. The summed E-state index contributed by atoms with van der Waals surface area (Å²) in [4.78, 5) is 39.8. The van der Waals surface area contributed by atoms with Crippen molar-refractivity contribution in [2.75, 3.05) is 25.0 Å². The molecule has 1 unspecified atom stereocenters. The highest BCUT2D eigenvalue weighted by Crippen LogP contribution is 2.25. The first-order valence-electron chi connectivity index (χ1n) is 11.8. The predicted molar refractivity (Wildman–Crippen MR) is 135 cm³/mol. The Kier molecular flexibility index (Phi) is 7.95. The molecule has 0 spiro atoms. The molecule has 3 aromatic carbocycles. The van der Waals surface area contributed by atoms with Gasteiger partial charge in [0.25, 0.3) is 5.91 Å². The van der Waals surface area contributed by atoms with Gasteiger partial charge in [0, 0.05) is 24.2 Å². The number of nitrogens with zero attached hydrogens (tertiary/aromatic N) is 1. The molecule has 1 aliphatic rings. The summed E-state index contributed by atoms with van der Waals surface area (Å²) < 4.78 is 5.76. The molecule has 8 nitrogen and oxygen atoms in total. The van der Waals surface area contributed by atoms with Gasteiger partial charge >= 0.3 is 0 Å². The molecule has 0 radical (unpaired) electrons. The summed E-state index contributed by atoms with van der Waals surface area (Å²) in [6, 6.07) is 20.0. The summed E-state index contributed by atoms with van der Waals surface area (Å²) in [5.41, 5.74) is 7.20. The Morgan fingerprint density at radius 1 is 1.00 bits per heavy atom. The number of hydrogen-bond donors (Lipinski definition) is 3. The van der Waals surface area contributed by atoms with Gasteiger partial charge in [-0.15, -0.1) is 0 Å². The van der Waals surface area contributed by atoms with Gasteiger partial charge in [-0.1, -0.05) is 48.5 Å². The summed E-state index contributed by atoms with van der Waals surface area (Å²) in [7, 11) is 0. The van der Waals surface area contributed by atoms with Crippen LogP contribution in [0.1, 0.15) is 24.8 Å². The van der Waals surface area contributed by atoms with Gasteiger partial charge in [0.15, 0.2) is 6.61 Å². The third kappa shape index (κ3) is 6.36. The molecule has 3 aromatic rings. The standard InChI is InChI=1S/C27H30N4O4/c28-16-19-7-5-10-21(15-19)29-25(32)17-31-14-4-3-12-23(27(31)34)30-26(33)18-35-24-13-6-9-20-8-1-2-11-22(20)24/h1-2,5-11,13,15,23H,3-4,12,14,16-18,28H2,(H,29,32)(H,30,33). The zero-order valence-corrected chi connectivity index (χ0v) is 19.5. The second-order valence-corrected chi connectivity index (χ2v) is 8.59. The fourth-order valence-electron chi connectivity index (χ4n) is 4.25. The Hall–Kier alpha value is -3.91. The number of rotatable bonds is 8. The summed E-state index contributed by atoms with van der Waals surface area (Å²) in [6.45, 7) is 0.564. The van der Waals surface area contributed by atoms with Crippen LogP contribution in [0.4, 0.5) is 5.69 Å². The Morgan fingerprint density at radius 3 is 2.66 bits per heavy atom. The van der Waals surface area contributed by atoms with Gasteiger partial charge in [-0.3, -0.25) is 14.4 Å². The quantitative estimate of drug-likeness (QED) is 0.465. The largest absolute Gasteiger partial charge is 0.483 e. The molecule has 1 aliphatic heterocycles. The maximum absolute atomic E-state index is 13.1. The van der Waals surface area contributed by atoms with Crippen LogP contribution in [0.3, 0.4) is 0 Å². The second kappa shape index (κ2) is 11.5. The first-order chi connectivity index (χ1) is 17.0. The monoisotopic (exact) mass is 474 g/mol. The second-order valence-electron chi connectivity index (χ2n) is 8.59. The SMILES string of the molecule is NCc1cccc(NC(=O)CN2CCCCC(NC(=O)COc3cccc4ccccc34)C2=O)c1. The maximum atomic E-state index is 13.1. The van der Waals surface area contributed by atoms with Crippen LogP contribution in [0.5, 0.6) is 5.75 Å². The number of ether oxygens (including phenoxy) is 1. The molecule has 0 bridgehead atoms. The lowest BCUT2D eigenvalue weighted by Crippen LogP contribution is -2.50. The van der Waals surface area contributed by atoms with Crippen molar-refractivity contribution >= 4 is 34.2 Å². The van der Waals surface area contributed by atoms with Crippen molar-refractivity contribution in [1.29, 1.82) is 0 Å². The van der Waals surface area contributed by atoms with Crippen LogP contribution in [-0.4, -0.2) is 48.4 Å². The van der Waals surface area contributed by atoms with E-state index in [4.69, 9.17) is 10.5 Å². The lowest BCUT2D eigenvalue weighted by atomic mass is 10.1. The van der Waals surface area contributed by atoms with Crippen molar-refractivity contribution in [2.24, 2.45) is 5.73 Å². The van der Waals surface area contributed by atoms with Gasteiger partial charge in [-0.25, -0.2) is 0 Å². The van der Waals surface area contributed by atoms with Crippen LogP contribution in [0.2, 0.25) is 0 Å². The number of nitrogens with two attached hydrogens (primary N) is 1. The number of amides is 3. The van der Waals surface area contributed by atoms with Gasteiger partial charge in [-0.2, -0.15) is 0 Å². The Balaban J connectivity index is 1.33. The van der Waals surface area contributed by atoms with Crippen molar-refractivity contribution in [2.45, 2.75) is 31.8 Å². The van der Waals surface area contributed by atoms with E-state index in [2.05, 4.69) is 10.6 Å². The highest BCUT2D eigenvalue weighted by atomic mass is 16.5. The molecule has 1 fully saturated rings. The van der Waals surface area contributed by atoms with Crippen LogP contribution in [0.15, 0.2) is 66.7 Å². The van der Waals surface area contributed by atoms with E-state index >= 15 is 0 Å². The molecule has 1 atom stereocenters. The lowest BCUT2D eigenvalue weighted by molar-refractivity contribution is -0.138. The summed E-state index contributed by atoms with van der Waals surface area (Å²) in [5, 5.41) is 7.55.